The molecule has 4 heteroatoms. The Morgan fingerprint density at radius 2 is 2.42 bits per heavy atom. The summed E-state index contributed by atoms with van der Waals surface area (Å²) in [6.45, 7) is 3.73. The molecule has 3 N–H and O–H groups in total. The molecule has 0 aliphatic rings. The fourth-order valence-electron chi connectivity index (χ4n) is 0.971. The lowest BCUT2D eigenvalue weighted by molar-refractivity contribution is 0.641. The first kappa shape index (κ1) is 8.93. The van der Waals surface area contributed by atoms with E-state index >= 15 is 0 Å². The van der Waals surface area contributed by atoms with Crippen LogP contribution in [0.4, 0.5) is 0 Å². The fraction of sp³-hybridized carbons (Fsp3) is 0.500. The Balaban J connectivity index is 3.08. The molecule has 0 fully saturated rings. The number of nitrogens with one attached hydrogen (secondary N) is 1. The second-order valence-electron chi connectivity index (χ2n) is 2.79. The van der Waals surface area contributed by atoms with Crippen molar-refractivity contribution < 1.29 is 0 Å². The number of aromatic nitrogens is 2. The predicted molar refractivity (Wildman–Crippen MR) is 46.8 cm³/mol. The molecular formula is C8H13N3O. The zero-order valence-corrected chi connectivity index (χ0v) is 7.29. The molecular weight excluding hydrogens is 154 g/mol. The SMILES string of the molecule is CCC(N)c1nc(C)cc(=O)[nH]1. The van der Waals surface area contributed by atoms with E-state index in [0.717, 1.165) is 6.42 Å². The Hall–Kier alpha value is -1.16. The number of nitrogens with two attached hydrogens (primary N) is 1. The number of hydrogen-bond acceptors (Lipinski definition) is 3. The minimum absolute atomic E-state index is 0.138. The molecule has 0 aliphatic heterocycles. The Labute approximate surface area is 70.8 Å². The minimum Gasteiger partial charge on any atom is -0.321 e. The summed E-state index contributed by atoms with van der Waals surface area (Å²) in [6, 6.07) is 1.28. The normalized spacial score (nSPS) is 12.9. The van der Waals surface area contributed by atoms with E-state index in [4.69, 9.17) is 5.73 Å². The average molecular weight is 167 g/mol. The molecule has 0 radical (unpaired) electrons. The maximum absolute atomic E-state index is 11.0. The number of hydrogen-bond donors (Lipinski definition) is 2. The third kappa shape index (κ3) is 1.92. The quantitative estimate of drug-likeness (QED) is 0.673. The maximum Gasteiger partial charge on any atom is 0.251 e. The van der Waals surface area contributed by atoms with Crippen molar-refractivity contribution in [1.82, 2.24) is 9.97 Å². The predicted octanol–water partition coefficient (Wildman–Crippen LogP) is 0.488. The van der Waals surface area contributed by atoms with Crippen molar-refractivity contribution in [3.63, 3.8) is 0 Å². The van der Waals surface area contributed by atoms with Gasteiger partial charge in [-0.2, -0.15) is 0 Å². The molecule has 0 amide bonds. The third-order valence-corrected chi connectivity index (χ3v) is 1.68. The fourth-order valence-corrected chi connectivity index (χ4v) is 0.971. The molecule has 1 atom stereocenters. The molecule has 12 heavy (non-hydrogen) atoms. The summed E-state index contributed by atoms with van der Waals surface area (Å²) in [5.41, 5.74) is 6.27. The van der Waals surface area contributed by atoms with Gasteiger partial charge >= 0.3 is 0 Å². The van der Waals surface area contributed by atoms with Crippen molar-refractivity contribution in [1.29, 1.82) is 0 Å². The van der Waals surface area contributed by atoms with Crippen molar-refractivity contribution in [2.45, 2.75) is 26.3 Å². The molecule has 1 aromatic heterocycles. The topological polar surface area (TPSA) is 71.8 Å². The van der Waals surface area contributed by atoms with Gasteiger partial charge in [-0.15, -0.1) is 0 Å². The lowest BCUT2D eigenvalue weighted by atomic mass is 10.2. The number of nitrogens with zero attached hydrogens (tertiary/aromatic N) is 1. The van der Waals surface area contributed by atoms with E-state index in [1.165, 1.54) is 6.07 Å². The van der Waals surface area contributed by atoms with Crippen molar-refractivity contribution >= 4 is 0 Å². The number of rotatable bonds is 2. The highest BCUT2D eigenvalue weighted by Crippen LogP contribution is 2.05. The van der Waals surface area contributed by atoms with Gasteiger partial charge in [0, 0.05) is 11.8 Å². The summed E-state index contributed by atoms with van der Waals surface area (Å²) in [5, 5.41) is 0. The van der Waals surface area contributed by atoms with Crippen LogP contribution in [0.3, 0.4) is 0 Å². The van der Waals surface area contributed by atoms with Crippen LogP contribution in [0.25, 0.3) is 0 Å². The molecule has 1 heterocycles. The van der Waals surface area contributed by atoms with Crippen LogP contribution in [-0.2, 0) is 0 Å². The molecule has 0 saturated heterocycles. The lowest BCUT2D eigenvalue weighted by Crippen LogP contribution is -2.19. The zero-order valence-electron chi connectivity index (χ0n) is 7.29. The first-order valence-electron chi connectivity index (χ1n) is 3.97. The summed E-state index contributed by atoms with van der Waals surface area (Å²) in [6.07, 6.45) is 0.770. The van der Waals surface area contributed by atoms with Gasteiger partial charge in [0.1, 0.15) is 5.82 Å². The van der Waals surface area contributed by atoms with Gasteiger partial charge in [-0.05, 0) is 13.3 Å². The molecule has 1 rings (SSSR count). The van der Waals surface area contributed by atoms with Crippen LogP contribution in [0.5, 0.6) is 0 Å². The van der Waals surface area contributed by atoms with Crippen molar-refractivity contribution in [2.75, 3.05) is 0 Å². The summed E-state index contributed by atoms with van der Waals surface area (Å²) in [5.74, 6) is 0.572. The molecule has 1 aromatic rings. The molecule has 1 unspecified atom stereocenters. The van der Waals surface area contributed by atoms with Gasteiger partial charge in [0.15, 0.2) is 0 Å². The van der Waals surface area contributed by atoms with Gasteiger partial charge in [-0.1, -0.05) is 6.92 Å². The number of aryl methyl sites for hydroxylation is 1. The molecule has 4 nitrogen and oxygen atoms in total. The van der Waals surface area contributed by atoms with E-state index in [-0.39, 0.29) is 11.6 Å². The van der Waals surface area contributed by atoms with E-state index < -0.39 is 0 Å². The Bertz CT molecular complexity index is 318. The molecule has 0 spiro atoms. The Morgan fingerprint density at radius 1 is 1.75 bits per heavy atom. The highest BCUT2D eigenvalue weighted by atomic mass is 16.1. The van der Waals surface area contributed by atoms with Gasteiger partial charge in [-0.25, -0.2) is 4.98 Å². The monoisotopic (exact) mass is 167 g/mol. The lowest BCUT2D eigenvalue weighted by Gasteiger charge is -2.07. The first-order chi connectivity index (χ1) is 5.63. The number of aromatic amines is 1. The van der Waals surface area contributed by atoms with Gasteiger partial charge in [0.05, 0.1) is 6.04 Å². The largest absolute Gasteiger partial charge is 0.321 e. The molecule has 0 aromatic carbocycles. The van der Waals surface area contributed by atoms with Crippen molar-refractivity contribution in [3.8, 4) is 0 Å². The third-order valence-electron chi connectivity index (χ3n) is 1.68. The summed E-state index contributed by atoms with van der Waals surface area (Å²) < 4.78 is 0. The second-order valence-corrected chi connectivity index (χ2v) is 2.79. The summed E-state index contributed by atoms with van der Waals surface area (Å²) in [4.78, 5) is 17.7. The van der Waals surface area contributed by atoms with E-state index in [1.54, 1.807) is 6.92 Å². The smallest absolute Gasteiger partial charge is 0.251 e. The molecule has 0 aliphatic carbocycles. The summed E-state index contributed by atoms with van der Waals surface area (Å²) in [7, 11) is 0. The van der Waals surface area contributed by atoms with E-state index in [1.807, 2.05) is 6.92 Å². The Kier molecular flexibility index (Phi) is 2.60. The molecule has 66 valence electrons. The van der Waals surface area contributed by atoms with Gasteiger partial charge < -0.3 is 10.7 Å². The summed E-state index contributed by atoms with van der Waals surface area (Å²) >= 11 is 0. The standard InChI is InChI=1S/C8H13N3O/c1-3-6(9)8-10-5(2)4-7(12)11-8/h4,6H,3,9H2,1-2H3,(H,10,11,12). The van der Waals surface area contributed by atoms with Crippen LogP contribution in [-0.4, -0.2) is 9.97 Å². The van der Waals surface area contributed by atoms with E-state index in [0.29, 0.717) is 11.5 Å². The highest BCUT2D eigenvalue weighted by molar-refractivity contribution is 5.02. The molecule has 0 bridgehead atoms. The van der Waals surface area contributed by atoms with E-state index in [9.17, 15) is 4.79 Å². The van der Waals surface area contributed by atoms with Crippen molar-refractivity contribution in [2.24, 2.45) is 5.73 Å². The van der Waals surface area contributed by atoms with Crippen LogP contribution in [0.2, 0.25) is 0 Å². The van der Waals surface area contributed by atoms with Crippen LogP contribution < -0.4 is 11.3 Å². The Morgan fingerprint density at radius 3 is 2.92 bits per heavy atom. The highest BCUT2D eigenvalue weighted by Gasteiger charge is 2.05. The molecule has 0 saturated carbocycles. The van der Waals surface area contributed by atoms with Gasteiger partial charge in [-0.3, -0.25) is 4.79 Å². The van der Waals surface area contributed by atoms with Gasteiger partial charge in [0.2, 0.25) is 0 Å². The maximum atomic E-state index is 11.0. The number of H-pyrrole nitrogens is 1. The van der Waals surface area contributed by atoms with Crippen molar-refractivity contribution in [3.05, 3.63) is 27.9 Å². The van der Waals surface area contributed by atoms with E-state index in [2.05, 4.69) is 9.97 Å². The van der Waals surface area contributed by atoms with Crippen LogP contribution >= 0.6 is 0 Å². The van der Waals surface area contributed by atoms with Crippen LogP contribution in [0.1, 0.15) is 30.9 Å². The van der Waals surface area contributed by atoms with Crippen LogP contribution in [0, 0.1) is 6.92 Å². The average Bonchev–Trinajstić information content (AvgIpc) is 2.01. The van der Waals surface area contributed by atoms with Crippen LogP contribution in [0.15, 0.2) is 10.9 Å². The minimum atomic E-state index is -0.169. The second kappa shape index (κ2) is 3.49. The first-order valence-corrected chi connectivity index (χ1v) is 3.97. The zero-order chi connectivity index (χ0) is 9.14. The van der Waals surface area contributed by atoms with Gasteiger partial charge in [0.25, 0.3) is 5.56 Å².